The van der Waals surface area contributed by atoms with Crippen molar-refractivity contribution in [1.29, 1.82) is 0 Å². The van der Waals surface area contributed by atoms with Crippen LogP contribution in [0.3, 0.4) is 0 Å². The lowest BCUT2D eigenvalue weighted by molar-refractivity contribution is -0.152. The largest absolute Gasteiger partial charge is 0.468 e. The predicted molar refractivity (Wildman–Crippen MR) is 121 cm³/mol. The van der Waals surface area contributed by atoms with E-state index in [0.717, 1.165) is 6.42 Å². The summed E-state index contributed by atoms with van der Waals surface area (Å²) < 4.78 is 83.8. The van der Waals surface area contributed by atoms with Gasteiger partial charge in [-0.15, -0.1) is 0 Å². The number of esters is 1. The summed E-state index contributed by atoms with van der Waals surface area (Å²) in [6.45, 7) is -0.260. The Labute approximate surface area is 208 Å². The molecule has 3 N–H and O–H groups in total. The standard InChI is InChI=1S/C23H25F6N3O3S/c1-35-17(33)10-30-18(34)20-6-12-2-13(7-20)9-21(8-12,11-20)32-19(36)31-16-4-14(22(24,25)26)3-15(5-16)23(27,28)29/h3-5,12-13H,2,6-11H2,1H3,(H,30,34)(H2,31,32,36)/t12-,13+,20?,21?. The van der Waals surface area contributed by atoms with Crippen molar-refractivity contribution < 1.29 is 40.7 Å². The maximum Gasteiger partial charge on any atom is 0.416 e. The first kappa shape index (κ1) is 26.5. The van der Waals surface area contributed by atoms with E-state index in [1.807, 2.05) is 0 Å². The third kappa shape index (κ3) is 5.40. The van der Waals surface area contributed by atoms with Crippen molar-refractivity contribution >= 4 is 34.9 Å². The Bertz CT molecular complexity index is 1030. The highest BCUT2D eigenvalue weighted by Crippen LogP contribution is 2.61. The minimum absolute atomic E-state index is 0.0530. The molecule has 1 aromatic carbocycles. The smallest absolute Gasteiger partial charge is 0.416 e. The molecule has 0 heterocycles. The van der Waals surface area contributed by atoms with E-state index in [0.29, 0.717) is 44.2 Å². The molecule has 1 aromatic rings. The number of alkyl halides is 6. The van der Waals surface area contributed by atoms with E-state index >= 15 is 0 Å². The first-order valence-electron chi connectivity index (χ1n) is 11.4. The molecule has 4 bridgehead atoms. The van der Waals surface area contributed by atoms with Crippen LogP contribution >= 0.6 is 12.2 Å². The average Bonchev–Trinajstić information content (AvgIpc) is 2.74. The Balaban J connectivity index is 1.52. The monoisotopic (exact) mass is 537 g/mol. The van der Waals surface area contributed by atoms with Gasteiger partial charge >= 0.3 is 18.3 Å². The highest BCUT2D eigenvalue weighted by atomic mass is 32.1. The molecule has 1 amide bonds. The molecule has 4 aliphatic rings. The van der Waals surface area contributed by atoms with Crippen LogP contribution in [-0.4, -0.2) is 36.2 Å². The molecule has 4 fully saturated rings. The van der Waals surface area contributed by atoms with E-state index in [1.165, 1.54) is 7.11 Å². The fourth-order valence-corrected chi connectivity index (χ4v) is 6.85. The van der Waals surface area contributed by atoms with Gasteiger partial charge in [-0.05, 0) is 80.8 Å². The van der Waals surface area contributed by atoms with E-state index in [4.69, 9.17) is 12.2 Å². The number of amides is 1. The normalized spacial score (nSPS) is 29.0. The number of hydrogen-bond donors (Lipinski definition) is 3. The lowest BCUT2D eigenvalue weighted by atomic mass is 9.46. The first-order valence-corrected chi connectivity index (χ1v) is 11.8. The number of halogens is 6. The molecule has 5 rings (SSSR count). The summed E-state index contributed by atoms with van der Waals surface area (Å²) >= 11 is 5.30. The molecular formula is C23H25F6N3O3S. The second-order valence-electron chi connectivity index (χ2n) is 10.2. The molecule has 4 aliphatic carbocycles. The van der Waals surface area contributed by atoms with Crippen LogP contribution in [0.15, 0.2) is 18.2 Å². The van der Waals surface area contributed by atoms with Crippen LogP contribution in [0.1, 0.15) is 49.7 Å². The number of thiocarbonyl (C=S) groups is 1. The summed E-state index contributed by atoms with van der Waals surface area (Å²) in [7, 11) is 1.22. The second kappa shape index (κ2) is 9.07. The third-order valence-corrected chi connectivity index (χ3v) is 7.59. The molecule has 0 aromatic heterocycles. The number of carbonyl (C=O) groups excluding carboxylic acids is 2. The molecule has 198 valence electrons. The highest BCUT2D eigenvalue weighted by molar-refractivity contribution is 7.80. The Hall–Kier alpha value is -2.57. The Kier molecular flexibility index (Phi) is 6.67. The zero-order chi connectivity index (χ0) is 26.5. The molecule has 0 radical (unpaired) electrons. The Morgan fingerprint density at radius 2 is 1.56 bits per heavy atom. The van der Waals surface area contributed by atoms with Crippen LogP contribution < -0.4 is 16.0 Å². The second-order valence-corrected chi connectivity index (χ2v) is 10.6. The fraction of sp³-hybridized carbons (Fsp3) is 0.609. The van der Waals surface area contributed by atoms with Gasteiger partial charge in [0.2, 0.25) is 5.91 Å². The first-order chi connectivity index (χ1) is 16.6. The lowest BCUT2D eigenvalue weighted by Crippen LogP contribution is -2.66. The van der Waals surface area contributed by atoms with Gasteiger partial charge in [0.05, 0.1) is 23.7 Å². The van der Waals surface area contributed by atoms with Gasteiger partial charge in [0.15, 0.2) is 5.11 Å². The molecule has 0 saturated heterocycles. The van der Waals surface area contributed by atoms with E-state index in [2.05, 4.69) is 20.7 Å². The summed E-state index contributed by atoms with van der Waals surface area (Å²) in [5.74, 6) is -0.433. The zero-order valence-electron chi connectivity index (χ0n) is 19.2. The topological polar surface area (TPSA) is 79.5 Å². The van der Waals surface area contributed by atoms with E-state index in [-0.39, 0.29) is 35.5 Å². The molecule has 4 atom stereocenters. The summed E-state index contributed by atoms with van der Waals surface area (Å²) in [6, 6.07) is 1.20. The van der Waals surface area contributed by atoms with Crippen molar-refractivity contribution in [2.45, 2.75) is 56.4 Å². The summed E-state index contributed by atoms with van der Waals surface area (Å²) in [4.78, 5) is 24.6. The Morgan fingerprint density at radius 3 is 2.06 bits per heavy atom. The van der Waals surface area contributed by atoms with Gasteiger partial charge in [0, 0.05) is 11.2 Å². The van der Waals surface area contributed by atoms with Crippen molar-refractivity contribution in [2.24, 2.45) is 17.3 Å². The van der Waals surface area contributed by atoms with Gasteiger partial charge in [-0.25, -0.2) is 0 Å². The SMILES string of the molecule is COC(=O)CNC(=O)C12C[C@@H]3C[C@@H](CC(NC(=S)Nc4cc(C(F)(F)F)cc(C(F)(F)F)c4)(C3)C1)C2. The molecule has 13 heteroatoms. The Morgan fingerprint density at radius 1 is 1.00 bits per heavy atom. The van der Waals surface area contributed by atoms with Crippen LogP contribution in [-0.2, 0) is 26.7 Å². The summed E-state index contributed by atoms with van der Waals surface area (Å²) in [6.07, 6.45) is -6.00. The molecule has 36 heavy (non-hydrogen) atoms. The van der Waals surface area contributed by atoms with Crippen LogP contribution in [0, 0.1) is 17.3 Å². The number of rotatable bonds is 5. The fourth-order valence-electron chi connectivity index (χ4n) is 6.52. The van der Waals surface area contributed by atoms with Crippen LogP contribution in [0.5, 0.6) is 0 Å². The maximum atomic E-state index is 13.2. The highest BCUT2D eigenvalue weighted by Gasteiger charge is 2.60. The molecule has 0 aliphatic heterocycles. The number of hydrogen-bond acceptors (Lipinski definition) is 4. The van der Waals surface area contributed by atoms with Crippen LogP contribution in [0.2, 0.25) is 0 Å². The minimum atomic E-state index is -4.98. The molecular weight excluding hydrogens is 512 g/mol. The van der Waals surface area contributed by atoms with Crippen molar-refractivity contribution in [1.82, 2.24) is 10.6 Å². The minimum Gasteiger partial charge on any atom is -0.468 e. The summed E-state index contributed by atoms with van der Waals surface area (Å²) in [5.41, 5.74) is -4.70. The quantitative estimate of drug-likeness (QED) is 0.289. The zero-order valence-corrected chi connectivity index (χ0v) is 20.1. The molecule has 6 nitrogen and oxygen atoms in total. The van der Waals surface area contributed by atoms with E-state index in [1.54, 1.807) is 0 Å². The van der Waals surface area contributed by atoms with Gasteiger partial charge in [-0.2, -0.15) is 26.3 Å². The van der Waals surface area contributed by atoms with E-state index < -0.39 is 46.1 Å². The average molecular weight is 538 g/mol. The molecule has 2 unspecified atom stereocenters. The molecule has 0 spiro atoms. The van der Waals surface area contributed by atoms with Crippen molar-refractivity contribution in [3.05, 3.63) is 29.3 Å². The number of anilines is 1. The van der Waals surface area contributed by atoms with Crippen molar-refractivity contribution in [3.8, 4) is 0 Å². The van der Waals surface area contributed by atoms with Crippen LogP contribution in [0.25, 0.3) is 0 Å². The van der Waals surface area contributed by atoms with Gasteiger partial charge < -0.3 is 20.7 Å². The molecule has 4 saturated carbocycles. The summed E-state index contributed by atoms with van der Waals surface area (Å²) in [5, 5.41) is 8.14. The van der Waals surface area contributed by atoms with Gasteiger partial charge in [-0.1, -0.05) is 0 Å². The van der Waals surface area contributed by atoms with Crippen molar-refractivity contribution in [3.63, 3.8) is 0 Å². The third-order valence-electron chi connectivity index (χ3n) is 7.39. The predicted octanol–water partition coefficient (Wildman–Crippen LogP) is 4.64. The maximum absolute atomic E-state index is 13.2. The lowest BCUT2D eigenvalue weighted by Gasteiger charge is -2.61. The number of methoxy groups -OCH3 is 1. The number of ether oxygens (including phenoxy) is 1. The van der Waals surface area contributed by atoms with Gasteiger partial charge in [-0.3, -0.25) is 9.59 Å². The van der Waals surface area contributed by atoms with Crippen molar-refractivity contribution in [2.75, 3.05) is 19.0 Å². The number of nitrogens with one attached hydrogen (secondary N) is 3. The van der Waals surface area contributed by atoms with Gasteiger partial charge in [0.1, 0.15) is 6.54 Å². The van der Waals surface area contributed by atoms with E-state index in [9.17, 15) is 35.9 Å². The number of benzene rings is 1. The van der Waals surface area contributed by atoms with Gasteiger partial charge in [0.25, 0.3) is 0 Å². The van der Waals surface area contributed by atoms with Crippen LogP contribution in [0.4, 0.5) is 32.0 Å². The number of carbonyl (C=O) groups is 2.